The summed E-state index contributed by atoms with van der Waals surface area (Å²) in [7, 11) is 1.33. The number of amides is 2. The Hall–Kier alpha value is -4.45. The first-order chi connectivity index (χ1) is 19.7. The fraction of sp³-hybridized carbons (Fsp3) is 0.310. The van der Waals surface area contributed by atoms with Crippen LogP contribution >= 0.6 is 0 Å². The molecule has 1 atom stereocenters. The predicted molar refractivity (Wildman–Crippen MR) is 144 cm³/mol. The molecule has 1 fully saturated rings. The number of benzene rings is 2. The molecular weight excluding hydrogens is 539 g/mol. The van der Waals surface area contributed by atoms with Gasteiger partial charge in [-0.2, -0.15) is 13.2 Å². The third-order valence-corrected chi connectivity index (χ3v) is 7.12. The molecular formula is C29H28F3N5O4. The summed E-state index contributed by atoms with van der Waals surface area (Å²) in [6.45, 7) is 2.55. The summed E-state index contributed by atoms with van der Waals surface area (Å²) in [6.07, 6.45) is -4.30. The van der Waals surface area contributed by atoms with Crippen molar-refractivity contribution in [1.82, 2.24) is 19.8 Å². The number of halogens is 3. The third kappa shape index (κ3) is 5.34. The molecule has 41 heavy (non-hydrogen) atoms. The lowest BCUT2D eigenvalue weighted by Crippen LogP contribution is -2.52. The third-order valence-electron chi connectivity index (χ3n) is 7.12. The summed E-state index contributed by atoms with van der Waals surface area (Å²) in [6, 6.07) is 14.3. The molecule has 1 saturated heterocycles. The average Bonchev–Trinajstić information content (AvgIpc) is 3.43. The van der Waals surface area contributed by atoms with Crippen molar-refractivity contribution in [3.63, 3.8) is 0 Å². The number of nitrogens with two attached hydrogens (primary N) is 1. The van der Waals surface area contributed by atoms with Crippen molar-refractivity contribution in [3.05, 3.63) is 77.3 Å². The maximum absolute atomic E-state index is 13.8. The molecule has 3 heterocycles. The Bertz CT molecular complexity index is 1590. The van der Waals surface area contributed by atoms with Crippen molar-refractivity contribution in [2.75, 3.05) is 26.7 Å². The molecule has 1 unspecified atom stereocenters. The first-order valence-corrected chi connectivity index (χ1v) is 13.0. The lowest BCUT2D eigenvalue weighted by atomic mass is 10.0. The van der Waals surface area contributed by atoms with E-state index in [0.29, 0.717) is 23.9 Å². The highest BCUT2D eigenvalue weighted by molar-refractivity contribution is 5.98. The molecule has 0 aliphatic carbocycles. The minimum atomic E-state index is -4.65. The van der Waals surface area contributed by atoms with E-state index >= 15 is 0 Å². The van der Waals surface area contributed by atoms with Crippen molar-refractivity contribution in [3.8, 4) is 17.2 Å². The molecule has 1 aliphatic heterocycles. The van der Waals surface area contributed by atoms with Crippen LogP contribution in [0.5, 0.6) is 5.75 Å². The van der Waals surface area contributed by atoms with Gasteiger partial charge in [-0.3, -0.25) is 9.59 Å². The number of carbonyl (C=O) groups is 2. The molecule has 0 saturated carbocycles. The van der Waals surface area contributed by atoms with Crippen LogP contribution in [-0.2, 0) is 17.5 Å². The van der Waals surface area contributed by atoms with Gasteiger partial charge < -0.3 is 24.7 Å². The van der Waals surface area contributed by atoms with Crippen LogP contribution in [0.3, 0.4) is 0 Å². The van der Waals surface area contributed by atoms with Crippen LogP contribution in [0.25, 0.3) is 22.4 Å². The topological polar surface area (TPSA) is 115 Å². The Labute approximate surface area is 233 Å². The second-order valence-corrected chi connectivity index (χ2v) is 9.52. The number of hydrogen-bond donors (Lipinski definition) is 1. The second kappa shape index (κ2) is 11.2. The number of methoxy groups -OCH3 is 1. The van der Waals surface area contributed by atoms with Crippen LogP contribution in [0.15, 0.2) is 59.0 Å². The molecule has 12 heteroatoms. The summed E-state index contributed by atoms with van der Waals surface area (Å²) < 4.78 is 51.2. The number of ether oxygens (including phenoxy) is 1. The molecule has 2 amide bonds. The quantitative estimate of drug-likeness (QED) is 0.356. The van der Waals surface area contributed by atoms with Gasteiger partial charge in [0.15, 0.2) is 11.5 Å². The molecule has 0 radical (unpaired) electrons. The highest BCUT2D eigenvalue weighted by Gasteiger charge is 2.36. The van der Waals surface area contributed by atoms with Gasteiger partial charge in [0.05, 0.1) is 19.7 Å². The summed E-state index contributed by atoms with van der Waals surface area (Å²) >= 11 is 0. The van der Waals surface area contributed by atoms with Crippen molar-refractivity contribution in [2.24, 2.45) is 5.73 Å². The Kier molecular flexibility index (Phi) is 7.68. The van der Waals surface area contributed by atoms with Crippen molar-refractivity contribution < 1.29 is 31.9 Å². The van der Waals surface area contributed by atoms with Gasteiger partial charge >= 0.3 is 6.18 Å². The van der Waals surface area contributed by atoms with Crippen LogP contribution in [0.4, 0.5) is 13.2 Å². The Morgan fingerprint density at radius 3 is 2.49 bits per heavy atom. The van der Waals surface area contributed by atoms with Crippen LogP contribution in [-0.4, -0.2) is 58.3 Å². The highest BCUT2D eigenvalue weighted by atomic mass is 19.4. The van der Waals surface area contributed by atoms with Crippen molar-refractivity contribution in [2.45, 2.75) is 32.1 Å². The fourth-order valence-corrected chi connectivity index (χ4v) is 5.05. The number of aromatic nitrogens is 2. The number of nitrogens with zero attached hydrogens (tertiary/aromatic N) is 4. The standard InChI is InChI=1S/C29H28F3N5O4/c1-3-24(38)37-14-13-36(16-20(37)17-7-5-4-6-8-17)28(39)26-22(15-33)41-27(35-26)19-9-11-21(40-2)25-18(19)10-12-23(34-25)29(30,31)32/h4-12,20H,3,13-16,33H2,1-2H3. The van der Waals surface area contributed by atoms with E-state index in [2.05, 4.69) is 9.97 Å². The second-order valence-electron chi connectivity index (χ2n) is 9.52. The number of piperazine rings is 1. The number of carbonyl (C=O) groups excluding carboxylic acids is 2. The van der Waals surface area contributed by atoms with E-state index in [4.69, 9.17) is 14.9 Å². The Morgan fingerprint density at radius 1 is 1.07 bits per heavy atom. The number of pyridine rings is 1. The summed E-state index contributed by atoms with van der Waals surface area (Å²) in [5, 5.41) is 0.303. The van der Waals surface area contributed by atoms with Gasteiger partial charge in [-0.15, -0.1) is 0 Å². The Morgan fingerprint density at radius 2 is 1.83 bits per heavy atom. The fourth-order valence-electron chi connectivity index (χ4n) is 5.05. The monoisotopic (exact) mass is 567 g/mol. The van der Waals surface area contributed by atoms with Crippen LogP contribution in [0.1, 0.15) is 46.9 Å². The normalized spacial score (nSPS) is 15.8. The van der Waals surface area contributed by atoms with Gasteiger partial charge in [-0.05, 0) is 29.8 Å². The zero-order valence-corrected chi connectivity index (χ0v) is 22.4. The van der Waals surface area contributed by atoms with Crippen molar-refractivity contribution in [1.29, 1.82) is 0 Å². The number of fused-ring (bicyclic) bond motifs is 1. The predicted octanol–water partition coefficient (Wildman–Crippen LogP) is 4.81. The van der Waals surface area contributed by atoms with E-state index < -0.39 is 17.8 Å². The van der Waals surface area contributed by atoms with E-state index in [1.807, 2.05) is 30.3 Å². The molecule has 5 rings (SSSR count). The summed E-state index contributed by atoms with van der Waals surface area (Å²) in [5.41, 5.74) is 6.07. The van der Waals surface area contributed by atoms with Gasteiger partial charge in [0.1, 0.15) is 17.0 Å². The van der Waals surface area contributed by atoms with Gasteiger partial charge in [0.25, 0.3) is 5.91 Å². The number of alkyl halides is 3. The molecule has 0 bridgehead atoms. The minimum Gasteiger partial charge on any atom is -0.494 e. The van der Waals surface area contributed by atoms with Crippen molar-refractivity contribution >= 4 is 22.7 Å². The van der Waals surface area contributed by atoms with E-state index in [0.717, 1.165) is 11.6 Å². The van der Waals surface area contributed by atoms with Gasteiger partial charge in [-0.1, -0.05) is 37.3 Å². The van der Waals surface area contributed by atoms with E-state index in [1.165, 1.54) is 19.2 Å². The molecule has 0 spiro atoms. The van der Waals surface area contributed by atoms with Crippen LogP contribution in [0, 0.1) is 0 Å². The maximum atomic E-state index is 13.8. The van der Waals surface area contributed by atoms with E-state index in [9.17, 15) is 22.8 Å². The Balaban J connectivity index is 1.51. The molecule has 214 valence electrons. The van der Waals surface area contributed by atoms with Crippen LogP contribution < -0.4 is 10.5 Å². The molecule has 2 N–H and O–H groups in total. The maximum Gasteiger partial charge on any atom is 0.433 e. The first-order valence-electron chi connectivity index (χ1n) is 13.0. The number of rotatable bonds is 6. The summed E-state index contributed by atoms with van der Waals surface area (Å²) in [4.78, 5) is 38.1. The number of hydrogen-bond acceptors (Lipinski definition) is 7. The smallest absolute Gasteiger partial charge is 0.433 e. The lowest BCUT2D eigenvalue weighted by molar-refractivity contribution is -0.141. The van der Waals surface area contributed by atoms with Crippen LogP contribution in [0.2, 0.25) is 0 Å². The molecule has 2 aromatic carbocycles. The van der Waals surface area contributed by atoms with E-state index in [-0.39, 0.29) is 60.2 Å². The molecule has 4 aromatic rings. The zero-order valence-electron chi connectivity index (χ0n) is 22.4. The summed E-state index contributed by atoms with van der Waals surface area (Å²) in [5.74, 6) is -0.130. The average molecular weight is 568 g/mol. The SMILES string of the molecule is CCC(=O)N1CCN(C(=O)c2nc(-c3ccc(OC)c4nc(C(F)(F)F)ccc34)oc2CN)CC1c1ccccc1. The highest BCUT2D eigenvalue weighted by Crippen LogP contribution is 2.37. The lowest BCUT2D eigenvalue weighted by Gasteiger charge is -2.41. The molecule has 1 aliphatic rings. The number of oxazole rings is 1. The molecule has 2 aromatic heterocycles. The van der Waals surface area contributed by atoms with Gasteiger partial charge in [0.2, 0.25) is 11.8 Å². The van der Waals surface area contributed by atoms with Gasteiger partial charge in [0, 0.05) is 37.0 Å². The van der Waals surface area contributed by atoms with E-state index in [1.54, 1.807) is 22.8 Å². The van der Waals surface area contributed by atoms with Gasteiger partial charge in [-0.25, -0.2) is 9.97 Å². The molecule has 9 nitrogen and oxygen atoms in total. The largest absolute Gasteiger partial charge is 0.494 e. The first kappa shape index (κ1) is 28.1. The zero-order chi connectivity index (χ0) is 29.3. The minimum absolute atomic E-state index is 0.00780.